The van der Waals surface area contributed by atoms with Crippen molar-refractivity contribution in [2.45, 2.75) is 16.2 Å². The third-order valence-electron chi connectivity index (χ3n) is 6.66. The maximum absolute atomic E-state index is 13.9. The average molecular weight is 594 g/mol. The van der Waals surface area contributed by atoms with E-state index in [0.29, 0.717) is 37.6 Å². The van der Waals surface area contributed by atoms with Crippen LogP contribution in [-0.2, 0) is 14.4 Å². The Morgan fingerprint density at radius 1 is 1.02 bits per heavy atom. The molecule has 12 heteroatoms. The minimum Gasteiger partial charge on any atom is -0.508 e. The third kappa shape index (κ3) is 4.76. The van der Waals surface area contributed by atoms with E-state index in [1.165, 1.54) is 28.8 Å². The number of halogens is 1. The average Bonchev–Trinajstić information content (AvgIpc) is 3.43. The third-order valence-corrected chi connectivity index (χ3v) is 9.29. The Hall–Kier alpha value is -4.06. The van der Waals surface area contributed by atoms with Crippen molar-refractivity contribution >= 4 is 63.8 Å². The zero-order valence-electron chi connectivity index (χ0n) is 20.5. The van der Waals surface area contributed by atoms with Crippen LogP contribution < -0.4 is 19.8 Å². The highest BCUT2D eigenvalue weighted by Crippen LogP contribution is 2.54. The van der Waals surface area contributed by atoms with Crippen molar-refractivity contribution in [2.24, 2.45) is 5.92 Å². The van der Waals surface area contributed by atoms with Crippen LogP contribution in [0.5, 0.6) is 11.5 Å². The number of aromatic amines is 1. The number of thioether (sulfide) groups is 1. The lowest BCUT2D eigenvalue weighted by molar-refractivity contribution is -0.122. The molecule has 1 fully saturated rings. The predicted molar refractivity (Wildman–Crippen MR) is 153 cm³/mol. The summed E-state index contributed by atoms with van der Waals surface area (Å²) in [5, 5.41) is 12.3. The zero-order chi connectivity index (χ0) is 28.0. The molecule has 6 rings (SSSR count). The van der Waals surface area contributed by atoms with Crippen LogP contribution in [-0.4, -0.2) is 39.7 Å². The zero-order valence-corrected chi connectivity index (χ0v) is 22.9. The molecule has 3 atom stereocenters. The first-order valence-corrected chi connectivity index (χ1v) is 14.2. The van der Waals surface area contributed by atoms with Gasteiger partial charge in [0.2, 0.25) is 11.8 Å². The summed E-state index contributed by atoms with van der Waals surface area (Å²) in [4.78, 5) is 56.8. The van der Waals surface area contributed by atoms with Gasteiger partial charge in [0.1, 0.15) is 16.7 Å². The molecule has 40 heavy (non-hydrogen) atoms. The van der Waals surface area contributed by atoms with Gasteiger partial charge in [-0.2, -0.15) is 0 Å². The summed E-state index contributed by atoms with van der Waals surface area (Å²) < 4.78 is 5.93. The molecule has 0 bridgehead atoms. The first kappa shape index (κ1) is 26.2. The SMILES string of the molecule is O=C(COc1ccc(Cl)cc1C1c2sc(=O)[nH]c2SC2C(=O)N(c3ccccc3)C(=O)C21)Nc1ccc(O)cc1. The molecule has 9 nitrogen and oxygen atoms in total. The summed E-state index contributed by atoms with van der Waals surface area (Å²) >= 11 is 8.54. The highest BCUT2D eigenvalue weighted by atomic mass is 35.5. The fourth-order valence-corrected chi connectivity index (χ4v) is 7.65. The number of phenolic OH excluding ortho intramolecular Hbond substituents is 1. The number of para-hydroxylation sites is 1. The van der Waals surface area contributed by atoms with E-state index in [1.54, 1.807) is 60.7 Å². The van der Waals surface area contributed by atoms with Gasteiger partial charge in [0, 0.05) is 27.1 Å². The monoisotopic (exact) mass is 593 g/mol. The second-order valence-electron chi connectivity index (χ2n) is 9.16. The van der Waals surface area contributed by atoms with Gasteiger partial charge in [-0.05, 0) is 54.6 Å². The maximum atomic E-state index is 13.9. The molecule has 2 aliphatic rings. The molecule has 0 aliphatic carbocycles. The quantitative estimate of drug-likeness (QED) is 0.220. The number of H-pyrrole nitrogens is 1. The normalized spacial score (nSPS) is 19.7. The van der Waals surface area contributed by atoms with Gasteiger partial charge in [0.15, 0.2) is 6.61 Å². The number of phenols is 1. The molecule has 3 unspecified atom stereocenters. The first-order valence-electron chi connectivity index (χ1n) is 12.1. The molecule has 3 amide bonds. The van der Waals surface area contributed by atoms with Gasteiger partial charge in [-0.3, -0.25) is 19.2 Å². The number of benzene rings is 3. The maximum Gasteiger partial charge on any atom is 0.305 e. The second-order valence-corrected chi connectivity index (χ2v) is 11.8. The molecule has 0 saturated carbocycles. The molecule has 3 heterocycles. The van der Waals surface area contributed by atoms with Gasteiger partial charge in [0.05, 0.1) is 16.6 Å². The van der Waals surface area contributed by atoms with Gasteiger partial charge in [-0.25, -0.2) is 4.90 Å². The fourth-order valence-electron chi connectivity index (χ4n) is 4.96. The number of aromatic nitrogens is 1. The number of carbonyl (C=O) groups is 3. The molecule has 0 spiro atoms. The van der Waals surface area contributed by atoms with Crippen molar-refractivity contribution in [3.8, 4) is 11.5 Å². The van der Waals surface area contributed by atoms with Crippen molar-refractivity contribution in [1.82, 2.24) is 4.98 Å². The number of nitrogens with zero attached hydrogens (tertiary/aromatic N) is 1. The number of imide groups is 1. The Morgan fingerprint density at radius 3 is 2.52 bits per heavy atom. The summed E-state index contributed by atoms with van der Waals surface area (Å²) in [5.41, 5.74) is 1.44. The topological polar surface area (TPSA) is 129 Å². The van der Waals surface area contributed by atoms with Crippen LogP contribution in [0.25, 0.3) is 0 Å². The van der Waals surface area contributed by atoms with Crippen LogP contribution in [0.15, 0.2) is 82.6 Å². The fraction of sp³-hybridized carbons (Fsp3) is 0.143. The number of anilines is 2. The van der Waals surface area contributed by atoms with E-state index in [1.807, 2.05) is 0 Å². The lowest BCUT2D eigenvalue weighted by Gasteiger charge is -2.31. The lowest BCUT2D eigenvalue weighted by atomic mass is 9.82. The number of aromatic hydroxyl groups is 1. The highest BCUT2D eigenvalue weighted by molar-refractivity contribution is 8.00. The molecule has 0 radical (unpaired) electrons. The van der Waals surface area contributed by atoms with E-state index >= 15 is 0 Å². The number of amides is 3. The van der Waals surface area contributed by atoms with E-state index in [-0.39, 0.29) is 29.0 Å². The number of fused-ring (bicyclic) bond motifs is 2. The Morgan fingerprint density at radius 2 is 1.77 bits per heavy atom. The summed E-state index contributed by atoms with van der Waals surface area (Å²) in [6, 6.07) is 19.6. The van der Waals surface area contributed by atoms with Gasteiger partial charge in [-0.1, -0.05) is 52.9 Å². The van der Waals surface area contributed by atoms with E-state index in [9.17, 15) is 24.3 Å². The second kappa shape index (κ2) is 10.5. The molecule has 4 aromatic rings. The van der Waals surface area contributed by atoms with Crippen LogP contribution in [0.2, 0.25) is 5.02 Å². The Balaban J connectivity index is 1.36. The van der Waals surface area contributed by atoms with Crippen LogP contribution in [0, 0.1) is 5.92 Å². The van der Waals surface area contributed by atoms with Gasteiger partial charge in [-0.15, -0.1) is 0 Å². The summed E-state index contributed by atoms with van der Waals surface area (Å²) in [6.07, 6.45) is 0. The summed E-state index contributed by atoms with van der Waals surface area (Å²) in [7, 11) is 0. The Labute approximate surface area is 240 Å². The van der Waals surface area contributed by atoms with Crippen molar-refractivity contribution < 1.29 is 24.2 Å². The summed E-state index contributed by atoms with van der Waals surface area (Å²) in [5.74, 6) is -2.38. The smallest absolute Gasteiger partial charge is 0.305 e. The van der Waals surface area contributed by atoms with Crippen molar-refractivity contribution in [3.63, 3.8) is 0 Å². The van der Waals surface area contributed by atoms with Gasteiger partial charge >= 0.3 is 4.87 Å². The van der Waals surface area contributed by atoms with E-state index in [0.717, 1.165) is 11.3 Å². The Bertz CT molecular complexity index is 1690. The standard InChI is InChI=1S/C28H20ClN3O6S2/c29-14-6-11-19(38-13-20(34)30-15-7-9-17(33)10-8-15)18(12-14)21-22-24(39-25-23(21)40-28(37)31-25)27(36)32(26(22)35)16-4-2-1-3-5-16/h1-12,21-22,24,33H,13H2,(H,30,34)(H,31,37). The van der Waals surface area contributed by atoms with E-state index in [2.05, 4.69) is 10.3 Å². The van der Waals surface area contributed by atoms with Gasteiger partial charge in [0.25, 0.3) is 5.91 Å². The molecule has 202 valence electrons. The minimum atomic E-state index is -0.830. The number of hydrogen-bond donors (Lipinski definition) is 3. The molecular formula is C28H20ClN3O6S2. The van der Waals surface area contributed by atoms with Crippen molar-refractivity contribution in [3.05, 3.63) is 97.9 Å². The van der Waals surface area contributed by atoms with Crippen molar-refractivity contribution in [1.29, 1.82) is 0 Å². The van der Waals surface area contributed by atoms with Crippen molar-refractivity contribution in [2.75, 3.05) is 16.8 Å². The number of carbonyl (C=O) groups excluding carboxylic acids is 3. The number of nitrogens with one attached hydrogen (secondary N) is 2. The first-order chi connectivity index (χ1) is 19.3. The molecular weight excluding hydrogens is 574 g/mol. The number of rotatable bonds is 6. The number of ether oxygens (including phenoxy) is 1. The van der Waals surface area contributed by atoms with Gasteiger partial charge < -0.3 is 20.1 Å². The molecule has 3 N–H and O–H groups in total. The molecule has 1 aromatic heterocycles. The van der Waals surface area contributed by atoms with Crippen LogP contribution in [0.1, 0.15) is 16.4 Å². The highest BCUT2D eigenvalue weighted by Gasteiger charge is 2.56. The lowest BCUT2D eigenvalue weighted by Crippen LogP contribution is -2.32. The molecule has 2 aliphatic heterocycles. The largest absolute Gasteiger partial charge is 0.508 e. The molecule has 3 aromatic carbocycles. The number of thiazole rings is 1. The van der Waals surface area contributed by atoms with E-state index < -0.39 is 23.0 Å². The molecule has 1 saturated heterocycles. The van der Waals surface area contributed by atoms with Crippen LogP contribution in [0.3, 0.4) is 0 Å². The van der Waals surface area contributed by atoms with Crippen LogP contribution >= 0.6 is 34.7 Å². The van der Waals surface area contributed by atoms with E-state index in [4.69, 9.17) is 16.3 Å². The minimum absolute atomic E-state index is 0.0706. The van der Waals surface area contributed by atoms with Crippen LogP contribution in [0.4, 0.5) is 11.4 Å². The summed E-state index contributed by atoms with van der Waals surface area (Å²) in [6.45, 7) is -0.357. The number of hydrogen-bond acceptors (Lipinski definition) is 8. The predicted octanol–water partition coefficient (Wildman–Crippen LogP) is 4.61. The Kier molecular flexibility index (Phi) is 6.87.